The fourth-order valence-electron chi connectivity index (χ4n) is 2.79. The number of H-pyrrole nitrogens is 2. The van der Waals surface area contributed by atoms with Crippen LogP contribution < -0.4 is 11.0 Å². The van der Waals surface area contributed by atoms with Crippen LogP contribution >= 0.6 is 0 Å². The van der Waals surface area contributed by atoms with Crippen molar-refractivity contribution in [2.75, 3.05) is 13.1 Å². The first-order valence-corrected chi connectivity index (χ1v) is 7.63. The van der Waals surface area contributed by atoms with Gasteiger partial charge in [-0.3, -0.25) is 9.78 Å². The third-order valence-electron chi connectivity index (χ3n) is 4.16. The molecule has 1 saturated heterocycles. The molecule has 0 aliphatic carbocycles. The number of hydrogen-bond acceptors (Lipinski definition) is 4. The number of likely N-dealkylation sites (tertiary alicyclic amines) is 1. The number of rotatable bonds is 5. The van der Waals surface area contributed by atoms with Crippen molar-refractivity contribution in [2.24, 2.45) is 5.92 Å². The Morgan fingerprint density at radius 2 is 2.05 bits per heavy atom. The maximum atomic E-state index is 12.1. The summed E-state index contributed by atoms with van der Waals surface area (Å²) in [6.45, 7) is 8.36. The Morgan fingerprint density at radius 1 is 1.38 bits per heavy atom. The molecule has 7 nitrogen and oxygen atoms in total. The lowest BCUT2D eigenvalue weighted by Gasteiger charge is -2.34. The number of amides is 1. The van der Waals surface area contributed by atoms with Crippen LogP contribution in [0.5, 0.6) is 0 Å². The molecule has 1 aromatic heterocycles. The minimum atomic E-state index is -0.354. The first kappa shape index (κ1) is 15.8. The minimum absolute atomic E-state index is 0.0225. The van der Waals surface area contributed by atoms with E-state index in [-0.39, 0.29) is 17.6 Å². The molecule has 0 unspecified atom stereocenters. The summed E-state index contributed by atoms with van der Waals surface area (Å²) in [7, 11) is 0. The predicted molar refractivity (Wildman–Crippen MR) is 79.8 cm³/mol. The zero-order valence-corrected chi connectivity index (χ0v) is 13.0. The number of aromatic amines is 2. The van der Waals surface area contributed by atoms with Gasteiger partial charge >= 0.3 is 5.69 Å². The van der Waals surface area contributed by atoms with Crippen molar-refractivity contribution in [2.45, 2.75) is 52.1 Å². The van der Waals surface area contributed by atoms with E-state index in [4.69, 9.17) is 0 Å². The predicted octanol–water partition coefficient (Wildman–Crippen LogP) is 0.786. The molecule has 21 heavy (non-hydrogen) atoms. The molecule has 0 aromatic carbocycles. The van der Waals surface area contributed by atoms with Gasteiger partial charge in [0.1, 0.15) is 0 Å². The fourth-order valence-corrected chi connectivity index (χ4v) is 2.79. The van der Waals surface area contributed by atoms with E-state index in [2.05, 4.69) is 39.2 Å². The third kappa shape index (κ3) is 4.42. The van der Waals surface area contributed by atoms with Gasteiger partial charge in [0.05, 0.1) is 6.04 Å². The Hall–Kier alpha value is -1.63. The molecule has 7 heteroatoms. The highest BCUT2D eigenvalue weighted by molar-refractivity contribution is 5.76. The molecule has 1 aliphatic heterocycles. The van der Waals surface area contributed by atoms with Crippen molar-refractivity contribution in [3.8, 4) is 0 Å². The zero-order valence-electron chi connectivity index (χ0n) is 13.0. The molecule has 1 aromatic rings. The first-order chi connectivity index (χ1) is 9.95. The molecule has 1 fully saturated rings. The molecule has 1 amide bonds. The Labute approximate surface area is 124 Å². The summed E-state index contributed by atoms with van der Waals surface area (Å²) in [6, 6.07) is 0.295. The van der Waals surface area contributed by atoms with Crippen LogP contribution in [0.2, 0.25) is 0 Å². The lowest BCUT2D eigenvalue weighted by Crippen LogP contribution is -2.39. The van der Waals surface area contributed by atoms with Gasteiger partial charge in [0.25, 0.3) is 0 Å². The first-order valence-electron chi connectivity index (χ1n) is 7.63. The standard InChI is InChI=1S/C14H25N5O2/c1-9(2)19-6-4-11(5-7-19)8-12(20)15-10(3)13-16-14(21)18-17-13/h9-11H,4-8H2,1-3H3,(H,15,20)(H2,16,17,18,21)/t10-/m1/s1. The van der Waals surface area contributed by atoms with E-state index in [0.717, 1.165) is 25.9 Å². The number of piperidine rings is 1. The van der Waals surface area contributed by atoms with Gasteiger partial charge < -0.3 is 10.2 Å². The average Bonchev–Trinajstić information content (AvgIpc) is 2.86. The molecule has 118 valence electrons. The SMILES string of the molecule is CC(C)N1CCC(CC(=O)N[C@H](C)c2n[nH]c(=O)[nH]2)CC1. The second kappa shape index (κ2) is 6.89. The number of aromatic nitrogens is 3. The highest BCUT2D eigenvalue weighted by Crippen LogP contribution is 2.22. The third-order valence-corrected chi connectivity index (χ3v) is 4.16. The Kier molecular flexibility index (Phi) is 5.17. The van der Waals surface area contributed by atoms with Gasteiger partial charge in [0.15, 0.2) is 5.82 Å². The van der Waals surface area contributed by atoms with Crippen LogP contribution in [0.3, 0.4) is 0 Å². The zero-order chi connectivity index (χ0) is 15.4. The molecule has 0 spiro atoms. The van der Waals surface area contributed by atoms with E-state index < -0.39 is 0 Å². The van der Waals surface area contributed by atoms with E-state index >= 15 is 0 Å². The quantitative estimate of drug-likeness (QED) is 0.748. The van der Waals surface area contributed by atoms with Crippen LogP contribution in [0.15, 0.2) is 4.79 Å². The van der Waals surface area contributed by atoms with Crippen LogP contribution in [0.1, 0.15) is 51.9 Å². The summed E-state index contributed by atoms with van der Waals surface area (Å²) in [5, 5.41) is 9.02. The minimum Gasteiger partial charge on any atom is -0.346 e. The average molecular weight is 295 g/mol. The van der Waals surface area contributed by atoms with Crippen LogP contribution in [-0.2, 0) is 4.79 Å². The normalized spacial score (nSPS) is 18.9. The highest BCUT2D eigenvalue weighted by atomic mass is 16.2. The van der Waals surface area contributed by atoms with Gasteiger partial charge in [-0.15, -0.1) is 0 Å². The molecule has 1 atom stereocenters. The Morgan fingerprint density at radius 3 is 2.57 bits per heavy atom. The van der Waals surface area contributed by atoms with Crippen LogP contribution in [-0.4, -0.2) is 45.1 Å². The van der Waals surface area contributed by atoms with E-state index in [1.54, 1.807) is 0 Å². The molecule has 2 rings (SSSR count). The number of carbonyl (C=O) groups excluding carboxylic acids is 1. The van der Waals surface area contributed by atoms with Gasteiger partial charge in [-0.1, -0.05) is 0 Å². The van der Waals surface area contributed by atoms with E-state index in [0.29, 0.717) is 24.2 Å². The van der Waals surface area contributed by atoms with Gasteiger partial charge in [-0.25, -0.2) is 9.89 Å². The van der Waals surface area contributed by atoms with Crippen LogP contribution in [0, 0.1) is 5.92 Å². The topological polar surface area (TPSA) is 93.9 Å². The largest absolute Gasteiger partial charge is 0.346 e. The lowest BCUT2D eigenvalue weighted by molar-refractivity contribution is -0.123. The number of carbonyl (C=O) groups is 1. The summed E-state index contributed by atoms with van der Waals surface area (Å²) < 4.78 is 0. The van der Waals surface area contributed by atoms with Crippen molar-refractivity contribution >= 4 is 5.91 Å². The molecule has 0 radical (unpaired) electrons. The summed E-state index contributed by atoms with van der Waals surface area (Å²) in [4.78, 5) is 28.1. The van der Waals surface area contributed by atoms with Crippen molar-refractivity contribution in [1.82, 2.24) is 25.4 Å². The highest BCUT2D eigenvalue weighted by Gasteiger charge is 2.23. The van der Waals surface area contributed by atoms with Crippen molar-refractivity contribution < 1.29 is 4.79 Å². The molecule has 1 aliphatic rings. The van der Waals surface area contributed by atoms with Gasteiger partial charge in [-0.05, 0) is 52.6 Å². The molecule has 0 bridgehead atoms. The molecule has 2 heterocycles. The van der Waals surface area contributed by atoms with E-state index in [1.165, 1.54) is 0 Å². The number of nitrogens with one attached hydrogen (secondary N) is 3. The molecule has 3 N–H and O–H groups in total. The fraction of sp³-hybridized carbons (Fsp3) is 0.786. The summed E-state index contributed by atoms with van der Waals surface area (Å²) in [5.41, 5.74) is -0.354. The monoisotopic (exact) mass is 295 g/mol. The number of nitrogens with zero attached hydrogens (tertiary/aromatic N) is 2. The van der Waals surface area contributed by atoms with E-state index in [9.17, 15) is 9.59 Å². The number of hydrogen-bond donors (Lipinski definition) is 3. The summed E-state index contributed by atoms with van der Waals surface area (Å²) in [5.74, 6) is 0.933. The Bertz CT molecular complexity index is 513. The molecule has 0 saturated carbocycles. The Balaban J connectivity index is 1.76. The van der Waals surface area contributed by atoms with Crippen LogP contribution in [0.4, 0.5) is 0 Å². The maximum absolute atomic E-state index is 12.1. The lowest BCUT2D eigenvalue weighted by atomic mass is 9.92. The van der Waals surface area contributed by atoms with Crippen molar-refractivity contribution in [3.63, 3.8) is 0 Å². The van der Waals surface area contributed by atoms with Gasteiger partial charge in [0, 0.05) is 12.5 Å². The van der Waals surface area contributed by atoms with Gasteiger partial charge in [-0.2, -0.15) is 5.10 Å². The summed E-state index contributed by atoms with van der Waals surface area (Å²) in [6.07, 6.45) is 2.68. The van der Waals surface area contributed by atoms with E-state index in [1.807, 2.05) is 6.92 Å². The van der Waals surface area contributed by atoms with Crippen molar-refractivity contribution in [1.29, 1.82) is 0 Å². The van der Waals surface area contributed by atoms with Gasteiger partial charge in [0.2, 0.25) is 5.91 Å². The molecular formula is C14H25N5O2. The second-order valence-electron chi connectivity index (χ2n) is 6.13. The maximum Gasteiger partial charge on any atom is 0.340 e. The second-order valence-corrected chi connectivity index (χ2v) is 6.13. The smallest absolute Gasteiger partial charge is 0.340 e. The van der Waals surface area contributed by atoms with Crippen LogP contribution in [0.25, 0.3) is 0 Å². The van der Waals surface area contributed by atoms with Crippen molar-refractivity contribution in [3.05, 3.63) is 16.3 Å². The summed E-state index contributed by atoms with van der Waals surface area (Å²) >= 11 is 0. The molecular weight excluding hydrogens is 270 g/mol.